The first-order valence-electron chi connectivity index (χ1n) is 10.2. The molecule has 0 radical (unpaired) electrons. The monoisotopic (exact) mass is 426 g/mol. The minimum atomic E-state index is 0.205. The average Bonchev–Trinajstić information content (AvgIpc) is 3.42. The van der Waals surface area contributed by atoms with Crippen LogP contribution in [0.4, 0.5) is 0 Å². The van der Waals surface area contributed by atoms with Crippen molar-refractivity contribution in [3.8, 4) is 10.7 Å². The number of aromatic nitrogens is 3. The van der Waals surface area contributed by atoms with Gasteiger partial charge in [0.25, 0.3) is 0 Å². The van der Waals surface area contributed by atoms with E-state index in [1.54, 1.807) is 11.3 Å². The highest BCUT2D eigenvalue weighted by atomic mass is 32.2. The first-order valence-corrected chi connectivity index (χ1v) is 12.0. The molecule has 2 aromatic heterocycles. The van der Waals surface area contributed by atoms with Crippen molar-refractivity contribution in [3.63, 3.8) is 0 Å². The van der Waals surface area contributed by atoms with Gasteiger partial charge < -0.3 is 9.47 Å². The molecule has 1 aliphatic rings. The van der Waals surface area contributed by atoms with E-state index in [0.29, 0.717) is 11.7 Å². The first-order chi connectivity index (χ1) is 14.2. The lowest BCUT2D eigenvalue weighted by atomic mass is 9.90. The van der Waals surface area contributed by atoms with Crippen molar-refractivity contribution in [2.45, 2.75) is 37.9 Å². The standard InChI is InChI=1S/C22H26N4OS2/c1-2-26-21(19-9-6-14-28-19)23-24-22(26)29-16-20(27)25-12-10-18(11-13-25)15-17-7-4-3-5-8-17/h3-9,14,18H,2,10-13,15-16H2,1H3. The minimum absolute atomic E-state index is 0.205. The van der Waals surface area contributed by atoms with Crippen molar-refractivity contribution in [1.29, 1.82) is 0 Å². The van der Waals surface area contributed by atoms with Gasteiger partial charge in [0.15, 0.2) is 11.0 Å². The van der Waals surface area contributed by atoms with Gasteiger partial charge in [-0.1, -0.05) is 48.2 Å². The number of nitrogens with zero attached hydrogens (tertiary/aromatic N) is 4. The van der Waals surface area contributed by atoms with E-state index in [-0.39, 0.29) is 5.91 Å². The number of rotatable bonds is 7. The molecule has 5 nitrogen and oxygen atoms in total. The Morgan fingerprint density at radius 3 is 2.62 bits per heavy atom. The van der Waals surface area contributed by atoms with Crippen LogP contribution in [0.3, 0.4) is 0 Å². The Morgan fingerprint density at radius 2 is 1.93 bits per heavy atom. The number of likely N-dealkylation sites (tertiary alicyclic amines) is 1. The molecule has 0 bridgehead atoms. The number of carbonyl (C=O) groups is 1. The SMILES string of the molecule is CCn1c(SCC(=O)N2CCC(Cc3ccccc3)CC2)nnc1-c1cccs1. The van der Waals surface area contributed by atoms with Gasteiger partial charge in [0.1, 0.15) is 0 Å². The van der Waals surface area contributed by atoms with E-state index >= 15 is 0 Å². The quantitative estimate of drug-likeness (QED) is 0.518. The largest absolute Gasteiger partial charge is 0.342 e. The molecular weight excluding hydrogens is 400 g/mol. The van der Waals surface area contributed by atoms with E-state index in [9.17, 15) is 4.79 Å². The molecule has 3 heterocycles. The lowest BCUT2D eigenvalue weighted by molar-refractivity contribution is -0.129. The molecule has 1 aliphatic heterocycles. The van der Waals surface area contributed by atoms with Crippen molar-refractivity contribution < 1.29 is 4.79 Å². The highest BCUT2D eigenvalue weighted by molar-refractivity contribution is 7.99. The van der Waals surface area contributed by atoms with Gasteiger partial charge in [0, 0.05) is 19.6 Å². The minimum Gasteiger partial charge on any atom is -0.342 e. The molecule has 0 aliphatic carbocycles. The summed E-state index contributed by atoms with van der Waals surface area (Å²) in [5.74, 6) is 2.19. The van der Waals surface area contributed by atoms with Crippen LogP contribution in [0.15, 0.2) is 53.0 Å². The molecular formula is C22H26N4OS2. The third kappa shape index (κ3) is 4.90. The molecule has 7 heteroatoms. The topological polar surface area (TPSA) is 51.0 Å². The summed E-state index contributed by atoms with van der Waals surface area (Å²) >= 11 is 3.16. The third-order valence-electron chi connectivity index (χ3n) is 5.43. The molecule has 0 spiro atoms. The fraction of sp³-hybridized carbons (Fsp3) is 0.409. The molecule has 3 aromatic rings. The lowest BCUT2D eigenvalue weighted by Crippen LogP contribution is -2.39. The van der Waals surface area contributed by atoms with Crippen molar-refractivity contribution in [2.75, 3.05) is 18.8 Å². The van der Waals surface area contributed by atoms with Crippen LogP contribution < -0.4 is 0 Å². The van der Waals surface area contributed by atoms with Crippen LogP contribution in [-0.2, 0) is 17.8 Å². The molecule has 0 saturated carbocycles. The maximum atomic E-state index is 12.7. The van der Waals surface area contributed by atoms with Crippen molar-refractivity contribution in [1.82, 2.24) is 19.7 Å². The number of hydrogen-bond donors (Lipinski definition) is 0. The summed E-state index contributed by atoms with van der Waals surface area (Å²) in [5, 5.41) is 11.5. The third-order valence-corrected chi connectivity index (χ3v) is 7.25. The summed E-state index contributed by atoms with van der Waals surface area (Å²) in [6, 6.07) is 14.7. The van der Waals surface area contributed by atoms with E-state index in [2.05, 4.69) is 58.1 Å². The van der Waals surface area contributed by atoms with Crippen LogP contribution in [0.1, 0.15) is 25.3 Å². The zero-order chi connectivity index (χ0) is 20.1. The Bertz CT molecular complexity index is 916. The van der Waals surface area contributed by atoms with E-state index in [0.717, 1.165) is 54.8 Å². The number of amides is 1. The molecule has 1 saturated heterocycles. The molecule has 0 N–H and O–H groups in total. The second-order valence-electron chi connectivity index (χ2n) is 7.33. The molecule has 0 atom stereocenters. The van der Waals surface area contributed by atoms with Crippen molar-refractivity contribution in [2.24, 2.45) is 5.92 Å². The van der Waals surface area contributed by atoms with Gasteiger partial charge in [-0.2, -0.15) is 0 Å². The van der Waals surface area contributed by atoms with Gasteiger partial charge >= 0.3 is 0 Å². The number of thioether (sulfide) groups is 1. The smallest absolute Gasteiger partial charge is 0.233 e. The number of hydrogen-bond acceptors (Lipinski definition) is 5. The van der Waals surface area contributed by atoms with Crippen LogP contribution in [0.2, 0.25) is 0 Å². The van der Waals surface area contributed by atoms with E-state index < -0.39 is 0 Å². The fourth-order valence-electron chi connectivity index (χ4n) is 3.82. The molecule has 1 amide bonds. The Hall–Kier alpha value is -2.12. The van der Waals surface area contributed by atoms with Crippen LogP contribution in [0, 0.1) is 5.92 Å². The Morgan fingerprint density at radius 1 is 1.14 bits per heavy atom. The number of thiophene rings is 1. The highest BCUT2D eigenvalue weighted by Crippen LogP contribution is 2.28. The summed E-state index contributed by atoms with van der Waals surface area (Å²) in [6.07, 6.45) is 3.28. The summed E-state index contributed by atoms with van der Waals surface area (Å²) in [4.78, 5) is 15.8. The van der Waals surface area contributed by atoms with Gasteiger partial charge in [0.05, 0.1) is 10.6 Å². The normalized spacial score (nSPS) is 15.0. The van der Waals surface area contributed by atoms with Crippen molar-refractivity contribution in [3.05, 3.63) is 53.4 Å². The van der Waals surface area contributed by atoms with Gasteiger partial charge in [-0.05, 0) is 49.1 Å². The highest BCUT2D eigenvalue weighted by Gasteiger charge is 2.24. The van der Waals surface area contributed by atoms with Gasteiger partial charge in [0.2, 0.25) is 5.91 Å². The Labute approximate surface area is 180 Å². The first kappa shape index (κ1) is 20.2. The molecule has 4 rings (SSSR count). The van der Waals surface area contributed by atoms with Gasteiger partial charge in [-0.25, -0.2) is 0 Å². The number of benzene rings is 1. The maximum Gasteiger partial charge on any atom is 0.233 e. The number of carbonyl (C=O) groups excluding carboxylic acids is 1. The Kier molecular flexibility index (Phi) is 6.67. The summed E-state index contributed by atoms with van der Waals surface area (Å²) in [7, 11) is 0. The zero-order valence-corrected chi connectivity index (χ0v) is 18.3. The molecule has 152 valence electrons. The van der Waals surface area contributed by atoms with Crippen LogP contribution in [0.5, 0.6) is 0 Å². The molecule has 0 unspecified atom stereocenters. The van der Waals surface area contributed by atoms with Gasteiger partial charge in [-0.3, -0.25) is 4.79 Å². The molecule has 1 fully saturated rings. The van der Waals surface area contributed by atoms with Crippen LogP contribution >= 0.6 is 23.1 Å². The Balaban J connectivity index is 1.29. The second-order valence-corrected chi connectivity index (χ2v) is 9.22. The summed E-state index contributed by atoms with van der Waals surface area (Å²) in [5.41, 5.74) is 1.40. The summed E-state index contributed by atoms with van der Waals surface area (Å²) < 4.78 is 2.09. The second kappa shape index (κ2) is 9.59. The fourth-order valence-corrected chi connectivity index (χ4v) is 5.44. The predicted molar refractivity (Wildman–Crippen MR) is 119 cm³/mol. The lowest BCUT2D eigenvalue weighted by Gasteiger charge is -2.32. The molecule has 29 heavy (non-hydrogen) atoms. The average molecular weight is 427 g/mol. The van der Waals surface area contributed by atoms with Crippen LogP contribution in [-0.4, -0.2) is 44.4 Å². The zero-order valence-electron chi connectivity index (χ0n) is 16.7. The van der Waals surface area contributed by atoms with E-state index in [4.69, 9.17) is 0 Å². The predicted octanol–water partition coefficient (Wildman–Crippen LogP) is 4.60. The van der Waals surface area contributed by atoms with E-state index in [1.807, 2.05) is 16.3 Å². The van der Waals surface area contributed by atoms with Crippen molar-refractivity contribution >= 4 is 29.0 Å². The van der Waals surface area contributed by atoms with E-state index in [1.165, 1.54) is 17.3 Å². The molecule has 1 aromatic carbocycles. The number of piperidine rings is 1. The summed E-state index contributed by atoms with van der Waals surface area (Å²) in [6.45, 7) is 4.60. The van der Waals surface area contributed by atoms with Crippen LogP contribution in [0.25, 0.3) is 10.7 Å². The van der Waals surface area contributed by atoms with Gasteiger partial charge in [-0.15, -0.1) is 21.5 Å². The maximum absolute atomic E-state index is 12.7.